The number of rotatable bonds is 6. The highest BCUT2D eigenvalue weighted by atomic mass is 32.2. The number of carbonyl (C=O) groups is 1. The molecule has 0 unspecified atom stereocenters. The molecule has 0 saturated carbocycles. The minimum absolute atomic E-state index is 0.189. The van der Waals surface area contributed by atoms with E-state index in [2.05, 4.69) is 56.8 Å². The van der Waals surface area contributed by atoms with E-state index < -0.39 is 0 Å². The summed E-state index contributed by atoms with van der Waals surface area (Å²) in [5, 5.41) is 15.2. The van der Waals surface area contributed by atoms with Crippen LogP contribution in [0.25, 0.3) is 0 Å². The number of aliphatic hydroxyl groups is 1. The van der Waals surface area contributed by atoms with Gasteiger partial charge in [-0.2, -0.15) is 11.8 Å². The normalized spacial score (nSPS) is 17.3. The third-order valence-corrected chi connectivity index (χ3v) is 7.40. The van der Waals surface area contributed by atoms with Gasteiger partial charge in [0.1, 0.15) is 0 Å². The van der Waals surface area contributed by atoms with Gasteiger partial charge in [0.15, 0.2) is 0 Å². The molecule has 2 aromatic rings. The van der Waals surface area contributed by atoms with Crippen LogP contribution in [0.1, 0.15) is 24.0 Å². The Morgan fingerprint density at radius 1 is 1.00 bits per heavy atom. The van der Waals surface area contributed by atoms with E-state index in [-0.39, 0.29) is 6.03 Å². The maximum Gasteiger partial charge on any atom is 0.319 e. The Morgan fingerprint density at radius 2 is 1.66 bits per heavy atom. The van der Waals surface area contributed by atoms with Crippen LogP contribution in [0.5, 0.6) is 0 Å². The van der Waals surface area contributed by atoms with Gasteiger partial charge in [-0.3, -0.25) is 0 Å². The summed E-state index contributed by atoms with van der Waals surface area (Å²) in [7, 11) is 0. The molecule has 2 aromatic carbocycles. The lowest BCUT2D eigenvalue weighted by atomic mass is 9.97. The number of nitrogens with zero attached hydrogens (tertiary/aromatic N) is 2. The number of benzene rings is 2. The molecule has 0 aliphatic carbocycles. The largest absolute Gasteiger partial charge is 0.396 e. The fraction of sp³-hybridized carbons (Fsp3) is 0.480. The molecule has 32 heavy (non-hydrogen) atoms. The zero-order valence-corrected chi connectivity index (χ0v) is 19.7. The molecular weight excluding hydrogens is 420 g/mol. The van der Waals surface area contributed by atoms with Crippen molar-refractivity contribution in [1.29, 1.82) is 0 Å². The van der Waals surface area contributed by atoms with Crippen LogP contribution in [-0.4, -0.2) is 55.4 Å². The molecule has 0 bridgehead atoms. The van der Waals surface area contributed by atoms with E-state index in [1.165, 1.54) is 22.9 Å². The number of piperidine rings is 1. The van der Waals surface area contributed by atoms with Crippen LogP contribution < -0.4 is 20.4 Å². The van der Waals surface area contributed by atoms with Crippen LogP contribution in [0.15, 0.2) is 42.5 Å². The van der Waals surface area contributed by atoms with Gasteiger partial charge in [-0.25, -0.2) is 4.79 Å². The predicted octanol–water partition coefficient (Wildman–Crippen LogP) is 4.08. The standard InChI is InChI=1S/C25H34N4O2S/c1-19-16-23(29-12-14-32-15-13-29)6-7-24(19)27-25(31)26-17-20-2-4-22(5-3-20)28-10-8-21(18-30)9-11-28/h2-7,16,21,30H,8-15,17-18H2,1H3,(H2,26,27,31). The van der Waals surface area contributed by atoms with Crippen molar-refractivity contribution < 1.29 is 9.90 Å². The van der Waals surface area contributed by atoms with Gasteiger partial charge in [0.2, 0.25) is 0 Å². The van der Waals surface area contributed by atoms with Gasteiger partial charge in [0.25, 0.3) is 0 Å². The minimum atomic E-state index is -0.189. The first-order valence-electron chi connectivity index (χ1n) is 11.6. The number of aliphatic hydroxyl groups excluding tert-OH is 1. The molecule has 0 spiro atoms. The Balaban J connectivity index is 1.26. The number of hydrogen-bond acceptors (Lipinski definition) is 5. The highest BCUT2D eigenvalue weighted by molar-refractivity contribution is 7.99. The van der Waals surface area contributed by atoms with Gasteiger partial charge in [0, 0.05) is 67.9 Å². The lowest BCUT2D eigenvalue weighted by Crippen LogP contribution is -2.34. The van der Waals surface area contributed by atoms with Crippen LogP contribution in [-0.2, 0) is 6.54 Å². The number of hydrogen-bond donors (Lipinski definition) is 3. The van der Waals surface area contributed by atoms with E-state index in [9.17, 15) is 9.90 Å². The number of urea groups is 1. The van der Waals surface area contributed by atoms with Crippen molar-refractivity contribution in [2.24, 2.45) is 5.92 Å². The van der Waals surface area contributed by atoms with E-state index in [0.717, 1.165) is 55.8 Å². The second-order valence-electron chi connectivity index (χ2n) is 8.69. The second kappa shape index (κ2) is 11.0. The first-order chi connectivity index (χ1) is 15.6. The van der Waals surface area contributed by atoms with Gasteiger partial charge >= 0.3 is 6.03 Å². The minimum Gasteiger partial charge on any atom is -0.396 e. The Bertz CT molecular complexity index is 891. The fourth-order valence-corrected chi connectivity index (χ4v) is 5.26. The number of amides is 2. The lowest BCUT2D eigenvalue weighted by Gasteiger charge is -2.33. The number of aryl methyl sites for hydroxylation is 1. The van der Waals surface area contributed by atoms with Gasteiger partial charge < -0.3 is 25.5 Å². The highest BCUT2D eigenvalue weighted by Gasteiger charge is 2.18. The van der Waals surface area contributed by atoms with Crippen LogP contribution in [0.2, 0.25) is 0 Å². The molecular formula is C25H34N4O2S. The van der Waals surface area contributed by atoms with E-state index in [0.29, 0.717) is 19.1 Å². The van der Waals surface area contributed by atoms with Crippen LogP contribution in [0, 0.1) is 12.8 Å². The average molecular weight is 455 g/mol. The Kier molecular flexibility index (Phi) is 7.81. The molecule has 2 aliphatic rings. The quantitative estimate of drug-likeness (QED) is 0.614. The summed E-state index contributed by atoms with van der Waals surface area (Å²) < 4.78 is 0. The molecule has 2 saturated heterocycles. The summed E-state index contributed by atoms with van der Waals surface area (Å²) in [6.45, 7) is 6.96. The Labute approximate surface area is 195 Å². The lowest BCUT2D eigenvalue weighted by molar-refractivity contribution is 0.203. The molecule has 0 atom stereocenters. The van der Waals surface area contributed by atoms with Gasteiger partial charge in [-0.05, 0) is 67.1 Å². The molecule has 4 rings (SSSR count). The third-order valence-electron chi connectivity index (χ3n) is 6.46. The van der Waals surface area contributed by atoms with Crippen LogP contribution in [0.3, 0.4) is 0 Å². The topological polar surface area (TPSA) is 67.8 Å². The zero-order valence-electron chi connectivity index (χ0n) is 18.8. The van der Waals surface area contributed by atoms with Crippen molar-refractivity contribution in [3.63, 3.8) is 0 Å². The van der Waals surface area contributed by atoms with Crippen molar-refractivity contribution in [1.82, 2.24) is 5.32 Å². The molecule has 172 valence electrons. The average Bonchev–Trinajstić information content (AvgIpc) is 2.85. The van der Waals surface area contributed by atoms with E-state index in [4.69, 9.17) is 0 Å². The summed E-state index contributed by atoms with van der Waals surface area (Å²) in [5.41, 5.74) is 5.43. The molecule has 2 heterocycles. The SMILES string of the molecule is Cc1cc(N2CCSCC2)ccc1NC(=O)NCc1ccc(N2CCC(CO)CC2)cc1. The molecule has 0 aromatic heterocycles. The molecule has 6 nitrogen and oxygen atoms in total. The molecule has 7 heteroatoms. The van der Waals surface area contributed by atoms with Crippen LogP contribution >= 0.6 is 11.8 Å². The molecule has 3 N–H and O–H groups in total. The number of anilines is 3. The van der Waals surface area contributed by atoms with Gasteiger partial charge in [-0.15, -0.1) is 0 Å². The predicted molar refractivity (Wildman–Crippen MR) is 135 cm³/mol. The highest BCUT2D eigenvalue weighted by Crippen LogP contribution is 2.25. The first-order valence-corrected chi connectivity index (χ1v) is 12.7. The molecule has 2 amide bonds. The van der Waals surface area contributed by atoms with Crippen molar-refractivity contribution in [3.8, 4) is 0 Å². The van der Waals surface area contributed by atoms with E-state index in [1.54, 1.807) is 0 Å². The van der Waals surface area contributed by atoms with Crippen LogP contribution in [0.4, 0.5) is 21.9 Å². The van der Waals surface area contributed by atoms with Crippen molar-refractivity contribution >= 4 is 34.9 Å². The third kappa shape index (κ3) is 5.90. The number of carbonyl (C=O) groups excluding carboxylic acids is 1. The monoisotopic (exact) mass is 454 g/mol. The maximum atomic E-state index is 12.4. The van der Waals surface area contributed by atoms with E-state index in [1.807, 2.05) is 24.8 Å². The summed E-state index contributed by atoms with van der Waals surface area (Å²) in [6.07, 6.45) is 2.08. The summed E-state index contributed by atoms with van der Waals surface area (Å²) >= 11 is 2.00. The molecule has 0 radical (unpaired) electrons. The van der Waals surface area contributed by atoms with Gasteiger partial charge in [0.05, 0.1) is 0 Å². The molecule has 2 fully saturated rings. The fourth-order valence-electron chi connectivity index (χ4n) is 4.35. The second-order valence-corrected chi connectivity index (χ2v) is 9.91. The smallest absolute Gasteiger partial charge is 0.319 e. The summed E-state index contributed by atoms with van der Waals surface area (Å²) in [5.74, 6) is 2.78. The Morgan fingerprint density at radius 3 is 2.31 bits per heavy atom. The molecule has 2 aliphatic heterocycles. The maximum absolute atomic E-state index is 12.4. The first kappa shape index (κ1) is 22.8. The summed E-state index contributed by atoms with van der Waals surface area (Å²) in [6, 6.07) is 14.5. The zero-order chi connectivity index (χ0) is 22.3. The summed E-state index contributed by atoms with van der Waals surface area (Å²) in [4.78, 5) is 17.2. The van der Waals surface area contributed by atoms with Crippen molar-refractivity contribution in [3.05, 3.63) is 53.6 Å². The Hall–Kier alpha value is -2.38. The van der Waals surface area contributed by atoms with Gasteiger partial charge in [-0.1, -0.05) is 12.1 Å². The number of nitrogens with one attached hydrogen (secondary N) is 2. The van der Waals surface area contributed by atoms with Crippen molar-refractivity contribution in [2.75, 3.05) is 59.4 Å². The van der Waals surface area contributed by atoms with Crippen molar-refractivity contribution in [2.45, 2.75) is 26.3 Å². The number of thioether (sulfide) groups is 1. The van der Waals surface area contributed by atoms with E-state index >= 15 is 0 Å².